The minimum atomic E-state index is -0.584. The van der Waals surface area contributed by atoms with Gasteiger partial charge in [-0.05, 0) is 13.0 Å². The van der Waals surface area contributed by atoms with Crippen LogP contribution in [0.3, 0.4) is 0 Å². The van der Waals surface area contributed by atoms with E-state index in [9.17, 15) is 9.59 Å². The average Bonchev–Trinajstić information content (AvgIpc) is 3.17. The van der Waals surface area contributed by atoms with Gasteiger partial charge >= 0.3 is 5.97 Å². The Bertz CT molecular complexity index is 978. The van der Waals surface area contributed by atoms with Crippen LogP contribution >= 0.6 is 0 Å². The smallest absolute Gasteiger partial charge is 0.339 e. The summed E-state index contributed by atoms with van der Waals surface area (Å²) in [5, 5.41) is 6.79. The number of ether oxygens (including phenoxy) is 1. The molecule has 1 atom stereocenters. The number of hydrogen-bond donors (Lipinski definition) is 1. The van der Waals surface area contributed by atoms with E-state index in [0.717, 1.165) is 11.1 Å². The first kappa shape index (κ1) is 16.1. The summed E-state index contributed by atoms with van der Waals surface area (Å²) < 4.78 is 10.7. The van der Waals surface area contributed by atoms with E-state index < -0.39 is 12.1 Å². The molecule has 1 aliphatic rings. The summed E-state index contributed by atoms with van der Waals surface area (Å²) in [6, 6.07) is 16.5. The van der Waals surface area contributed by atoms with Crippen molar-refractivity contribution in [3.05, 3.63) is 71.4 Å². The zero-order valence-corrected chi connectivity index (χ0v) is 14.1. The average molecular weight is 348 g/mol. The molecular weight excluding hydrogens is 332 g/mol. The lowest BCUT2D eigenvalue weighted by molar-refractivity contribution is -0.118. The predicted molar refractivity (Wildman–Crippen MR) is 94.5 cm³/mol. The van der Waals surface area contributed by atoms with Crippen molar-refractivity contribution in [3.8, 4) is 11.3 Å². The van der Waals surface area contributed by atoms with E-state index in [1.165, 1.54) is 0 Å². The second-order valence-corrected chi connectivity index (χ2v) is 6.07. The fourth-order valence-electron chi connectivity index (χ4n) is 3.03. The number of aromatic nitrogens is 1. The van der Waals surface area contributed by atoms with Gasteiger partial charge in [-0.3, -0.25) is 4.79 Å². The van der Waals surface area contributed by atoms with Crippen LogP contribution in [0, 0.1) is 6.92 Å². The number of cyclic esters (lactones) is 1. The Morgan fingerprint density at radius 3 is 2.65 bits per heavy atom. The normalized spacial score (nSPS) is 15.4. The Labute approximate surface area is 149 Å². The maximum Gasteiger partial charge on any atom is 0.339 e. The summed E-state index contributed by atoms with van der Waals surface area (Å²) in [5.74, 6) is -0.173. The number of carbonyl (C=O) groups excluding carboxylic acids is 2. The molecule has 6 heteroatoms. The highest BCUT2D eigenvalue weighted by Gasteiger charge is 2.32. The van der Waals surface area contributed by atoms with Gasteiger partial charge in [0, 0.05) is 11.1 Å². The minimum Gasteiger partial charge on any atom is -0.453 e. The lowest BCUT2D eigenvalue weighted by Gasteiger charge is -2.11. The lowest BCUT2D eigenvalue weighted by atomic mass is 10.0. The highest BCUT2D eigenvalue weighted by Crippen LogP contribution is 2.34. The predicted octanol–water partition coefficient (Wildman–Crippen LogP) is 3.89. The van der Waals surface area contributed by atoms with Crippen LogP contribution in [0.4, 0.5) is 5.69 Å². The van der Waals surface area contributed by atoms with Gasteiger partial charge in [-0.15, -0.1) is 0 Å². The molecular formula is C20H16N2O4. The molecule has 1 amide bonds. The van der Waals surface area contributed by atoms with E-state index in [1.807, 2.05) is 36.4 Å². The molecule has 0 fully saturated rings. The first-order valence-corrected chi connectivity index (χ1v) is 8.25. The summed E-state index contributed by atoms with van der Waals surface area (Å²) in [6.45, 7) is 1.76. The number of rotatable bonds is 4. The summed E-state index contributed by atoms with van der Waals surface area (Å²) in [6.07, 6.45) is -0.555. The van der Waals surface area contributed by atoms with Crippen LogP contribution in [0.2, 0.25) is 0 Å². The highest BCUT2D eigenvalue weighted by atomic mass is 16.5. The molecule has 130 valence electrons. The van der Waals surface area contributed by atoms with Crippen molar-refractivity contribution in [2.24, 2.45) is 0 Å². The number of nitrogens with zero attached hydrogens (tertiary/aromatic N) is 1. The molecule has 1 aliphatic heterocycles. The number of fused-ring (bicyclic) bond motifs is 1. The van der Waals surface area contributed by atoms with Crippen LogP contribution in [0.15, 0.2) is 59.1 Å². The highest BCUT2D eigenvalue weighted by molar-refractivity contribution is 5.98. The largest absolute Gasteiger partial charge is 0.453 e. The van der Waals surface area contributed by atoms with E-state index in [1.54, 1.807) is 25.1 Å². The summed E-state index contributed by atoms with van der Waals surface area (Å²) >= 11 is 0. The van der Waals surface area contributed by atoms with Crippen LogP contribution < -0.4 is 5.32 Å². The SMILES string of the molecule is Cc1noc(-c2ccccc2)c1NC(=O)CC1OC(=O)c2ccccc21. The lowest BCUT2D eigenvalue weighted by Crippen LogP contribution is -2.16. The van der Waals surface area contributed by atoms with Crippen molar-refractivity contribution in [3.63, 3.8) is 0 Å². The van der Waals surface area contributed by atoms with Crippen molar-refractivity contribution in [2.45, 2.75) is 19.4 Å². The first-order chi connectivity index (χ1) is 12.6. The van der Waals surface area contributed by atoms with E-state index in [0.29, 0.717) is 22.7 Å². The van der Waals surface area contributed by atoms with Crippen LogP contribution in [-0.4, -0.2) is 17.0 Å². The standard InChI is InChI=1S/C20H16N2O4/c1-12-18(19(26-22-12)13-7-3-2-4-8-13)21-17(23)11-16-14-9-5-6-10-15(14)20(24)25-16/h2-10,16H,11H2,1H3,(H,21,23). The molecule has 4 rings (SSSR count). The molecule has 0 saturated carbocycles. The van der Waals surface area contributed by atoms with Gasteiger partial charge in [-0.2, -0.15) is 0 Å². The van der Waals surface area contributed by atoms with Gasteiger partial charge in [-0.1, -0.05) is 53.7 Å². The number of nitrogens with one attached hydrogen (secondary N) is 1. The molecule has 0 saturated heterocycles. The quantitative estimate of drug-likeness (QED) is 0.723. The van der Waals surface area contributed by atoms with Crippen molar-refractivity contribution in [1.82, 2.24) is 5.16 Å². The molecule has 0 bridgehead atoms. The fraction of sp³-hybridized carbons (Fsp3) is 0.150. The van der Waals surface area contributed by atoms with Gasteiger partial charge in [0.1, 0.15) is 17.5 Å². The molecule has 1 aromatic heterocycles. The van der Waals surface area contributed by atoms with E-state index in [2.05, 4.69) is 10.5 Å². The fourth-order valence-corrected chi connectivity index (χ4v) is 3.03. The topological polar surface area (TPSA) is 81.4 Å². The van der Waals surface area contributed by atoms with Gasteiger partial charge in [0.05, 0.1) is 12.0 Å². The maximum atomic E-state index is 12.5. The summed E-state index contributed by atoms with van der Waals surface area (Å²) in [7, 11) is 0. The number of benzene rings is 2. The Morgan fingerprint density at radius 2 is 1.85 bits per heavy atom. The van der Waals surface area contributed by atoms with Gasteiger partial charge in [0.25, 0.3) is 0 Å². The Morgan fingerprint density at radius 1 is 1.12 bits per heavy atom. The summed E-state index contributed by atoms with van der Waals surface area (Å²) in [5.41, 5.74) is 3.18. The molecule has 3 aromatic rings. The number of anilines is 1. The van der Waals surface area contributed by atoms with Gasteiger partial charge in [0.2, 0.25) is 5.91 Å². The van der Waals surface area contributed by atoms with E-state index in [-0.39, 0.29) is 12.3 Å². The van der Waals surface area contributed by atoms with Crippen molar-refractivity contribution in [1.29, 1.82) is 0 Å². The third-order valence-electron chi connectivity index (χ3n) is 4.31. The summed E-state index contributed by atoms with van der Waals surface area (Å²) in [4.78, 5) is 24.4. The maximum absolute atomic E-state index is 12.5. The number of aryl methyl sites for hydroxylation is 1. The van der Waals surface area contributed by atoms with E-state index in [4.69, 9.17) is 9.26 Å². The molecule has 2 heterocycles. The van der Waals surface area contributed by atoms with Gasteiger partial charge in [0.15, 0.2) is 5.76 Å². The molecule has 0 radical (unpaired) electrons. The third-order valence-corrected chi connectivity index (χ3v) is 4.31. The van der Waals surface area contributed by atoms with Crippen molar-refractivity contribution >= 4 is 17.6 Å². The van der Waals surface area contributed by atoms with Crippen molar-refractivity contribution in [2.75, 3.05) is 5.32 Å². The van der Waals surface area contributed by atoms with Crippen LogP contribution in [0.1, 0.15) is 34.1 Å². The second kappa shape index (κ2) is 6.48. The molecule has 6 nitrogen and oxygen atoms in total. The zero-order chi connectivity index (χ0) is 18.1. The minimum absolute atomic E-state index is 0.0294. The molecule has 1 N–H and O–H groups in total. The second-order valence-electron chi connectivity index (χ2n) is 6.07. The molecule has 0 aliphatic carbocycles. The monoisotopic (exact) mass is 348 g/mol. The van der Waals surface area contributed by atoms with Crippen molar-refractivity contribution < 1.29 is 18.8 Å². The molecule has 26 heavy (non-hydrogen) atoms. The van der Waals surface area contributed by atoms with Gasteiger partial charge < -0.3 is 14.6 Å². The van der Waals surface area contributed by atoms with Gasteiger partial charge in [-0.25, -0.2) is 4.79 Å². The zero-order valence-electron chi connectivity index (χ0n) is 14.1. The Balaban J connectivity index is 1.54. The van der Waals surface area contributed by atoms with Crippen LogP contribution in [0.25, 0.3) is 11.3 Å². The molecule has 1 unspecified atom stereocenters. The number of hydrogen-bond acceptors (Lipinski definition) is 5. The number of amides is 1. The van der Waals surface area contributed by atoms with E-state index >= 15 is 0 Å². The van der Waals surface area contributed by atoms with Crippen LogP contribution in [-0.2, 0) is 9.53 Å². The first-order valence-electron chi connectivity index (χ1n) is 8.25. The Hall–Kier alpha value is -3.41. The number of carbonyl (C=O) groups is 2. The molecule has 2 aromatic carbocycles. The third kappa shape index (κ3) is 2.86. The molecule has 0 spiro atoms. The Kier molecular flexibility index (Phi) is 4.01. The number of esters is 1. The van der Waals surface area contributed by atoms with Crippen LogP contribution in [0.5, 0.6) is 0 Å².